The Morgan fingerprint density at radius 1 is 1.14 bits per heavy atom. The quantitative estimate of drug-likeness (QED) is 0.600. The van der Waals surface area contributed by atoms with E-state index in [1.807, 2.05) is 0 Å². The van der Waals surface area contributed by atoms with E-state index in [-0.39, 0.29) is 5.54 Å². The highest BCUT2D eigenvalue weighted by molar-refractivity contribution is 5.78. The maximum absolute atomic E-state index is 6.06. The van der Waals surface area contributed by atoms with E-state index in [1.54, 1.807) is 0 Å². The third-order valence-corrected chi connectivity index (χ3v) is 5.42. The molecule has 21 heavy (non-hydrogen) atoms. The lowest BCUT2D eigenvalue weighted by molar-refractivity contribution is 0.0208. The average Bonchev–Trinajstić information content (AvgIpc) is 3.32. The second-order valence-corrected chi connectivity index (χ2v) is 7.20. The molecule has 3 fully saturated rings. The molecule has 5 nitrogen and oxygen atoms in total. The lowest BCUT2D eigenvalue weighted by Crippen LogP contribution is -2.58. The van der Waals surface area contributed by atoms with E-state index in [0.717, 1.165) is 6.54 Å². The number of nitrogens with zero attached hydrogens (tertiary/aromatic N) is 3. The summed E-state index contributed by atoms with van der Waals surface area (Å²) in [6, 6.07) is 0.595. The monoisotopic (exact) mass is 293 g/mol. The minimum Gasteiger partial charge on any atom is -0.370 e. The van der Waals surface area contributed by atoms with Crippen molar-refractivity contribution in [3.05, 3.63) is 0 Å². The Balaban J connectivity index is 1.65. The number of aliphatic imine (C=N–C) groups is 1. The van der Waals surface area contributed by atoms with Crippen molar-refractivity contribution in [3.63, 3.8) is 0 Å². The Kier molecular flexibility index (Phi) is 4.69. The van der Waals surface area contributed by atoms with E-state index >= 15 is 0 Å². The van der Waals surface area contributed by atoms with E-state index in [0.29, 0.717) is 12.0 Å². The fraction of sp³-hybridized carbons (Fsp3) is 0.938. The normalized spacial score (nSPS) is 28.5. The molecule has 0 unspecified atom stereocenters. The molecule has 0 aromatic carbocycles. The number of nitrogens with two attached hydrogens (primary N) is 1. The molecule has 0 bridgehead atoms. The minimum atomic E-state index is 0.253. The van der Waals surface area contributed by atoms with Crippen LogP contribution in [-0.2, 0) is 0 Å². The highest BCUT2D eigenvalue weighted by Gasteiger charge is 2.39. The van der Waals surface area contributed by atoms with Crippen molar-refractivity contribution in [1.29, 1.82) is 0 Å². The third-order valence-electron chi connectivity index (χ3n) is 5.42. The molecule has 0 atom stereocenters. The van der Waals surface area contributed by atoms with Gasteiger partial charge in [0.1, 0.15) is 0 Å². The third kappa shape index (κ3) is 3.89. The Bertz CT molecular complexity index is 363. The van der Waals surface area contributed by atoms with Gasteiger partial charge in [0.25, 0.3) is 0 Å². The summed E-state index contributed by atoms with van der Waals surface area (Å²) in [5, 5.41) is 3.32. The van der Waals surface area contributed by atoms with Gasteiger partial charge in [0, 0.05) is 11.6 Å². The number of likely N-dealkylation sites (tertiary alicyclic amines) is 2. The van der Waals surface area contributed by atoms with Gasteiger partial charge in [0.2, 0.25) is 0 Å². The van der Waals surface area contributed by atoms with E-state index in [9.17, 15) is 0 Å². The molecule has 1 saturated carbocycles. The van der Waals surface area contributed by atoms with Crippen molar-refractivity contribution < 1.29 is 0 Å². The van der Waals surface area contributed by atoms with Crippen molar-refractivity contribution in [2.45, 2.75) is 56.5 Å². The molecule has 2 saturated heterocycles. The lowest BCUT2D eigenvalue weighted by atomic mass is 9.84. The van der Waals surface area contributed by atoms with Crippen molar-refractivity contribution in [3.8, 4) is 0 Å². The molecule has 2 heterocycles. The molecule has 2 aliphatic heterocycles. The number of rotatable bonds is 4. The van der Waals surface area contributed by atoms with Gasteiger partial charge in [-0.25, -0.2) is 0 Å². The summed E-state index contributed by atoms with van der Waals surface area (Å²) < 4.78 is 0. The molecule has 0 aromatic rings. The molecule has 0 amide bonds. The van der Waals surface area contributed by atoms with Crippen LogP contribution >= 0.6 is 0 Å². The molecular weight excluding hydrogens is 262 g/mol. The topological polar surface area (TPSA) is 56.9 Å². The first-order valence-electron chi connectivity index (χ1n) is 8.68. The van der Waals surface area contributed by atoms with Gasteiger partial charge in [-0.05, 0) is 71.8 Å². The van der Waals surface area contributed by atoms with Crippen molar-refractivity contribution in [2.75, 3.05) is 39.8 Å². The molecule has 120 valence electrons. The highest BCUT2D eigenvalue weighted by Crippen LogP contribution is 2.31. The fourth-order valence-electron chi connectivity index (χ4n) is 3.69. The van der Waals surface area contributed by atoms with Crippen molar-refractivity contribution in [2.24, 2.45) is 10.7 Å². The molecule has 3 N–H and O–H groups in total. The van der Waals surface area contributed by atoms with Crippen LogP contribution in [0.3, 0.4) is 0 Å². The maximum atomic E-state index is 6.06. The largest absolute Gasteiger partial charge is 0.370 e. The van der Waals surface area contributed by atoms with Crippen LogP contribution in [0.5, 0.6) is 0 Å². The summed E-state index contributed by atoms with van der Waals surface area (Å²) in [4.78, 5) is 9.89. The van der Waals surface area contributed by atoms with Crippen LogP contribution in [0, 0.1) is 0 Å². The predicted octanol–water partition coefficient (Wildman–Crippen LogP) is 1.00. The van der Waals surface area contributed by atoms with E-state index in [4.69, 9.17) is 10.7 Å². The number of nitrogens with one attached hydrogen (secondary N) is 1. The first-order valence-corrected chi connectivity index (χ1v) is 8.68. The van der Waals surface area contributed by atoms with Gasteiger partial charge in [0.15, 0.2) is 5.96 Å². The van der Waals surface area contributed by atoms with Crippen LogP contribution < -0.4 is 11.1 Å². The lowest BCUT2D eigenvalue weighted by Gasteiger charge is -2.49. The smallest absolute Gasteiger partial charge is 0.188 e. The summed E-state index contributed by atoms with van der Waals surface area (Å²) in [6.07, 6.45) is 9.03. The Labute approximate surface area is 129 Å². The van der Waals surface area contributed by atoms with Crippen LogP contribution in [0.4, 0.5) is 0 Å². The van der Waals surface area contributed by atoms with E-state index in [2.05, 4.69) is 22.2 Å². The zero-order chi connectivity index (χ0) is 14.7. The number of hydrogen-bond acceptors (Lipinski definition) is 3. The first-order chi connectivity index (χ1) is 10.2. The van der Waals surface area contributed by atoms with E-state index in [1.165, 1.54) is 71.1 Å². The molecular formula is C16H31N5. The summed E-state index contributed by atoms with van der Waals surface area (Å²) in [5.74, 6) is 0.660. The summed E-state index contributed by atoms with van der Waals surface area (Å²) in [6.45, 7) is 5.72. The van der Waals surface area contributed by atoms with Gasteiger partial charge in [-0.2, -0.15) is 0 Å². The van der Waals surface area contributed by atoms with Crippen molar-refractivity contribution >= 4 is 5.96 Å². The van der Waals surface area contributed by atoms with Gasteiger partial charge >= 0.3 is 0 Å². The molecule has 0 aromatic heterocycles. The second-order valence-electron chi connectivity index (χ2n) is 7.20. The summed E-state index contributed by atoms with van der Waals surface area (Å²) >= 11 is 0. The van der Waals surface area contributed by atoms with Crippen LogP contribution in [0.2, 0.25) is 0 Å². The van der Waals surface area contributed by atoms with Gasteiger partial charge in [-0.3, -0.25) is 9.89 Å². The average molecular weight is 293 g/mol. The molecule has 1 aliphatic carbocycles. The van der Waals surface area contributed by atoms with Gasteiger partial charge in [0.05, 0.1) is 6.54 Å². The minimum absolute atomic E-state index is 0.253. The number of piperidine rings is 2. The summed E-state index contributed by atoms with van der Waals surface area (Å²) in [7, 11) is 2.23. The summed E-state index contributed by atoms with van der Waals surface area (Å²) in [5.41, 5.74) is 6.31. The van der Waals surface area contributed by atoms with Crippen LogP contribution in [-0.4, -0.2) is 67.1 Å². The Hall–Kier alpha value is -0.810. The molecule has 3 rings (SSSR count). The van der Waals surface area contributed by atoms with Gasteiger partial charge in [-0.1, -0.05) is 6.42 Å². The molecule has 5 heteroatoms. The SMILES string of the molecule is CN1CCC(CN=C(N)NC2CC2)(N2CCCCC2)CC1. The predicted molar refractivity (Wildman–Crippen MR) is 87.5 cm³/mol. The van der Waals surface area contributed by atoms with Crippen molar-refractivity contribution in [1.82, 2.24) is 15.1 Å². The van der Waals surface area contributed by atoms with Gasteiger partial charge < -0.3 is 16.0 Å². The zero-order valence-electron chi connectivity index (χ0n) is 13.5. The standard InChI is InChI=1S/C16H31N5/c1-20-11-7-16(8-12-20,21-9-3-2-4-10-21)13-18-15(17)19-14-5-6-14/h14H,2-13H2,1H3,(H3,17,18,19). The number of guanidine groups is 1. The first kappa shape index (κ1) is 15.1. The van der Waals surface area contributed by atoms with Gasteiger partial charge in [-0.15, -0.1) is 0 Å². The maximum Gasteiger partial charge on any atom is 0.188 e. The zero-order valence-corrected chi connectivity index (χ0v) is 13.5. The van der Waals surface area contributed by atoms with Crippen LogP contribution in [0.15, 0.2) is 4.99 Å². The second kappa shape index (κ2) is 6.53. The Morgan fingerprint density at radius 3 is 2.43 bits per heavy atom. The van der Waals surface area contributed by atoms with E-state index < -0.39 is 0 Å². The molecule has 0 radical (unpaired) electrons. The Morgan fingerprint density at radius 2 is 1.81 bits per heavy atom. The van der Waals surface area contributed by atoms with Crippen LogP contribution in [0.1, 0.15) is 44.9 Å². The highest BCUT2D eigenvalue weighted by atomic mass is 15.3. The molecule has 0 spiro atoms. The number of hydrogen-bond donors (Lipinski definition) is 2. The fourth-order valence-corrected chi connectivity index (χ4v) is 3.69. The molecule has 3 aliphatic rings. The van der Waals surface area contributed by atoms with Crippen LogP contribution in [0.25, 0.3) is 0 Å².